The molecule has 148 valence electrons. The molecule has 0 aliphatic carbocycles. The molecule has 2 aliphatic rings. The number of hydrogen-bond donors (Lipinski definition) is 2. The number of H-pyrrole nitrogens is 1. The Bertz CT molecular complexity index is 1310. The second kappa shape index (κ2) is 5.81. The van der Waals surface area contributed by atoms with Crippen LogP contribution in [0.5, 0.6) is 0 Å². The summed E-state index contributed by atoms with van der Waals surface area (Å²) in [4.78, 5) is 25.5. The van der Waals surface area contributed by atoms with Crippen molar-refractivity contribution in [3.05, 3.63) is 101 Å². The van der Waals surface area contributed by atoms with Crippen molar-refractivity contribution in [3.8, 4) is 0 Å². The number of anilines is 1. The fourth-order valence-corrected chi connectivity index (χ4v) is 5.03. The molecule has 2 aliphatic heterocycles. The smallest absolute Gasteiger partial charge is 0.258 e. The fraction of sp³-hybridized carbons (Fsp3) is 0.160. The van der Waals surface area contributed by atoms with E-state index in [1.807, 2.05) is 86.8 Å². The maximum Gasteiger partial charge on any atom is 0.258 e. The van der Waals surface area contributed by atoms with Crippen LogP contribution >= 0.6 is 0 Å². The number of aromatic amines is 1. The highest BCUT2D eigenvalue weighted by Crippen LogP contribution is 2.53. The fourth-order valence-electron chi connectivity index (χ4n) is 5.03. The summed E-state index contributed by atoms with van der Waals surface area (Å²) in [5, 5.41) is 1.02. The van der Waals surface area contributed by atoms with Crippen molar-refractivity contribution >= 4 is 22.5 Å². The SMILES string of the molecule is CN1C(=O)[C@]2(NO[C@](C)(c3ccccc3)c3[nH]c4ccccc4c32)c2ccccc21. The van der Waals surface area contributed by atoms with Gasteiger partial charge in [0.25, 0.3) is 5.91 Å². The number of para-hydroxylation sites is 2. The van der Waals surface area contributed by atoms with Gasteiger partial charge in [0.2, 0.25) is 0 Å². The van der Waals surface area contributed by atoms with Crippen LogP contribution in [0.4, 0.5) is 5.69 Å². The lowest BCUT2D eigenvalue weighted by atomic mass is 9.77. The predicted molar refractivity (Wildman–Crippen MR) is 116 cm³/mol. The first-order valence-electron chi connectivity index (χ1n) is 10.1. The van der Waals surface area contributed by atoms with Crippen molar-refractivity contribution in [2.75, 3.05) is 11.9 Å². The molecular weight excluding hydrogens is 374 g/mol. The average molecular weight is 395 g/mol. The monoisotopic (exact) mass is 395 g/mol. The van der Waals surface area contributed by atoms with Gasteiger partial charge in [0, 0.05) is 34.8 Å². The van der Waals surface area contributed by atoms with Gasteiger partial charge in [-0.2, -0.15) is 5.48 Å². The predicted octanol–water partition coefficient (Wildman–Crippen LogP) is 4.19. The van der Waals surface area contributed by atoms with Crippen LogP contribution in [0.1, 0.15) is 29.3 Å². The number of nitrogens with zero attached hydrogens (tertiary/aromatic N) is 1. The van der Waals surface area contributed by atoms with Gasteiger partial charge in [-0.05, 0) is 24.6 Å². The zero-order valence-electron chi connectivity index (χ0n) is 16.8. The van der Waals surface area contributed by atoms with Crippen LogP contribution in [-0.4, -0.2) is 17.9 Å². The standard InChI is InChI=1S/C25H21N3O2/c1-24(16-10-4-3-5-11-16)22-21(17-12-6-8-14-19(17)26-22)25(27-30-24)18-13-7-9-15-20(18)28(2)23(25)29/h3-15,26-27H,1-2H3/t24-,25+/m1/s1. The molecule has 0 saturated heterocycles. The molecule has 2 atom stereocenters. The maximum absolute atomic E-state index is 13.8. The summed E-state index contributed by atoms with van der Waals surface area (Å²) in [5.74, 6) is -0.0511. The molecule has 3 heterocycles. The molecule has 2 N–H and O–H groups in total. The van der Waals surface area contributed by atoms with Crippen LogP contribution in [0.25, 0.3) is 10.9 Å². The first-order valence-corrected chi connectivity index (χ1v) is 10.1. The highest BCUT2D eigenvalue weighted by atomic mass is 16.7. The molecule has 4 aromatic rings. The molecule has 6 rings (SSSR count). The van der Waals surface area contributed by atoms with Gasteiger partial charge in [-0.15, -0.1) is 0 Å². The summed E-state index contributed by atoms with van der Waals surface area (Å²) in [7, 11) is 1.82. The van der Waals surface area contributed by atoms with E-state index in [2.05, 4.69) is 16.5 Å². The number of hydroxylamine groups is 1. The molecule has 0 radical (unpaired) electrons. The zero-order valence-corrected chi connectivity index (χ0v) is 16.8. The van der Waals surface area contributed by atoms with Crippen LogP contribution in [0.3, 0.4) is 0 Å². The Morgan fingerprint density at radius 3 is 2.43 bits per heavy atom. The molecular formula is C25H21N3O2. The Morgan fingerprint density at radius 1 is 0.900 bits per heavy atom. The van der Waals surface area contributed by atoms with Crippen LogP contribution < -0.4 is 10.4 Å². The average Bonchev–Trinajstić information content (AvgIpc) is 3.29. The Labute approximate surface area is 174 Å². The third kappa shape index (κ3) is 1.96. The number of aromatic nitrogens is 1. The molecule has 5 nitrogen and oxygen atoms in total. The summed E-state index contributed by atoms with van der Waals surface area (Å²) in [6.07, 6.45) is 0. The van der Waals surface area contributed by atoms with E-state index in [9.17, 15) is 4.79 Å². The zero-order chi connectivity index (χ0) is 20.5. The number of amides is 1. The van der Waals surface area contributed by atoms with Crippen molar-refractivity contribution in [2.45, 2.75) is 18.1 Å². The van der Waals surface area contributed by atoms with Crippen LogP contribution in [-0.2, 0) is 20.8 Å². The van der Waals surface area contributed by atoms with Gasteiger partial charge < -0.3 is 9.88 Å². The Kier molecular flexibility index (Phi) is 3.38. The Hall–Kier alpha value is -3.41. The first kappa shape index (κ1) is 17.4. The van der Waals surface area contributed by atoms with E-state index in [1.165, 1.54) is 0 Å². The number of hydrogen-bond acceptors (Lipinski definition) is 3. The first-order chi connectivity index (χ1) is 14.6. The van der Waals surface area contributed by atoms with Gasteiger partial charge in [-0.3, -0.25) is 9.63 Å². The minimum atomic E-state index is -1.10. The number of benzene rings is 3. The Morgan fingerprint density at radius 2 is 1.60 bits per heavy atom. The van der Waals surface area contributed by atoms with E-state index in [0.29, 0.717) is 0 Å². The number of nitrogens with one attached hydrogen (secondary N) is 2. The molecule has 1 amide bonds. The normalized spacial score (nSPS) is 25.0. The summed E-state index contributed by atoms with van der Waals surface area (Å²) < 4.78 is 0. The van der Waals surface area contributed by atoms with Crippen LogP contribution in [0.2, 0.25) is 0 Å². The van der Waals surface area contributed by atoms with E-state index in [-0.39, 0.29) is 5.91 Å². The van der Waals surface area contributed by atoms with Gasteiger partial charge in [0.15, 0.2) is 11.1 Å². The van der Waals surface area contributed by atoms with Crippen LogP contribution in [0, 0.1) is 0 Å². The molecule has 30 heavy (non-hydrogen) atoms. The number of carbonyl (C=O) groups is 1. The maximum atomic E-state index is 13.8. The molecule has 1 spiro atoms. The summed E-state index contributed by atoms with van der Waals surface area (Å²) >= 11 is 0. The van der Waals surface area contributed by atoms with Gasteiger partial charge in [-0.25, -0.2) is 0 Å². The van der Waals surface area contributed by atoms with E-state index < -0.39 is 11.1 Å². The lowest BCUT2D eigenvalue weighted by molar-refractivity contribution is -0.148. The van der Waals surface area contributed by atoms with Crippen LogP contribution in [0.15, 0.2) is 78.9 Å². The van der Waals surface area contributed by atoms with Gasteiger partial charge in [0.1, 0.15) is 0 Å². The highest BCUT2D eigenvalue weighted by Gasteiger charge is 2.59. The van der Waals surface area contributed by atoms with Crippen molar-refractivity contribution < 1.29 is 9.63 Å². The number of carbonyl (C=O) groups excluding carboxylic acids is 1. The Balaban J connectivity index is 1.73. The number of rotatable bonds is 1. The van der Waals surface area contributed by atoms with Crippen molar-refractivity contribution in [1.82, 2.24) is 10.5 Å². The summed E-state index contributed by atoms with van der Waals surface area (Å²) in [5.41, 5.74) is 6.96. The second-order valence-corrected chi connectivity index (χ2v) is 8.16. The molecule has 3 aromatic carbocycles. The summed E-state index contributed by atoms with van der Waals surface area (Å²) in [6, 6.07) is 26.1. The second-order valence-electron chi connectivity index (χ2n) is 8.16. The molecule has 0 bridgehead atoms. The molecule has 0 unspecified atom stereocenters. The van der Waals surface area contributed by atoms with Gasteiger partial charge in [0.05, 0.1) is 5.69 Å². The van der Waals surface area contributed by atoms with Gasteiger partial charge >= 0.3 is 0 Å². The highest BCUT2D eigenvalue weighted by molar-refractivity contribution is 6.12. The number of likely N-dealkylation sites (N-methyl/N-ethyl adjacent to an activating group) is 1. The quantitative estimate of drug-likeness (QED) is 0.508. The summed E-state index contributed by atoms with van der Waals surface area (Å²) in [6.45, 7) is 2.03. The van der Waals surface area contributed by atoms with E-state index >= 15 is 0 Å². The van der Waals surface area contributed by atoms with E-state index in [0.717, 1.165) is 39.0 Å². The third-order valence-electron chi connectivity index (χ3n) is 6.59. The van der Waals surface area contributed by atoms with Crippen molar-refractivity contribution in [2.24, 2.45) is 0 Å². The van der Waals surface area contributed by atoms with E-state index in [1.54, 1.807) is 4.90 Å². The minimum absolute atomic E-state index is 0.0511. The lowest BCUT2D eigenvalue weighted by Crippen LogP contribution is -2.58. The minimum Gasteiger partial charge on any atom is -0.355 e. The largest absolute Gasteiger partial charge is 0.355 e. The van der Waals surface area contributed by atoms with E-state index in [4.69, 9.17) is 4.84 Å². The molecule has 0 fully saturated rings. The molecule has 1 aromatic heterocycles. The molecule has 5 heteroatoms. The lowest BCUT2D eigenvalue weighted by Gasteiger charge is -2.42. The third-order valence-corrected chi connectivity index (χ3v) is 6.59. The van der Waals surface area contributed by atoms with Crippen molar-refractivity contribution in [1.29, 1.82) is 0 Å². The van der Waals surface area contributed by atoms with Crippen molar-refractivity contribution in [3.63, 3.8) is 0 Å². The topological polar surface area (TPSA) is 57.4 Å². The molecule has 0 saturated carbocycles. The number of fused-ring (bicyclic) bond motifs is 6. The van der Waals surface area contributed by atoms with Gasteiger partial charge in [-0.1, -0.05) is 66.7 Å².